The number of carbonyl (C=O) groups is 1. The number of nitrogens with one attached hydrogen (secondary N) is 1. The minimum Gasteiger partial charge on any atom is -0.394 e. The number of hydrogen-bond acceptors (Lipinski definition) is 8. The Kier molecular flexibility index (Phi) is 66.5. The van der Waals surface area contributed by atoms with Gasteiger partial charge in [0, 0.05) is 6.42 Å². The molecule has 9 nitrogen and oxygen atoms in total. The molecule has 1 aliphatic heterocycles. The van der Waals surface area contributed by atoms with E-state index in [0.29, 0.717) is 12.8 Å². The third-order valence-corrected chi connectivity index (χ3v) is 19.2. The van der Waals surface area contributed by atoms with Crippen LogP contribution in [0.2, 0.25) is 0 Å². The van der Waals surface area contributed by atoms with E-state index in [1.165, 1.54) is 334 Å². The summed E-state index contributed by atoms with van der Waals surface area (Å²) in [7, 11) is 0. The van der Waals surface area contributed by atoms with Gasteiger partial charge in [0.25, 0.3) is 0 Å². The van der Waals surface area contributed by atoms with E-state index in [4.69, 9.17) is 9.47 Å². The standard InChI is InChI=1S/C80H153NO8/c1-3-5-7-9-11-13-15-17-19-21-23-25-27-29-31-33-34-35-36-37-38-39-40-42-44-46-48-50-52-54-56-58-60-62-64-66-68-70-76(84)81-73(72-88-80-79(87)78(86)77(85)75(71-82)89-80)74(83)69-67-65-63-61-59-57-55-53-51-49-47-45-43-41-32-30-28-26-24-22-20-18-16-14-12-10-8-6-4-2/h15,17,21,23,27,29,73-75,77-80,82-83,85-87H,3-14,16,18-20,22,24-26,28,30-72H2,1-2H3,(H,81,84)/b17-15-,23-21-,29-27-. The highest BCUT2D eigenvalue weighted by Gasteiger charge is 2.44. The van der Waals surface area contributed by atoms with Gasteiger partial charge in [0.2, 0.25) is 5.91 Å². The van der Waals surface area contributed by atoms with Gasteiger partial charge in [-0.3, -0.25) is 4.79 Å². The topological polar surface area (TPSA) is 149 Å². The molecule has 0 spiro atoms. The van der Waals surface area contributed by atoms with Crippen molar-refractivity contribution in [3.05, 3.63) is 36.5 Å². The average molecular weight is 1260 g/mol. The fourth-order valence-corrected chi connectivity index (χ4v) is 13.1. The number of rotatable bonds is 71. The molecular weight excluding hydrogens is 1100 g/mol. The van der Waals surface area contributed by atoms with Crippen LogP contribution in [0.25, 0.3) is 0 Å². The molecule has 1 heterocycles. The zero-order valence-electron chi connectivity index (χ0n) is 59.2. The van der Waals surface area contributed by atoms with Crippen molar-refractivity contribution in [3.8, 4) is 0 Å². The van der Waals surface area contributed by atoms with Gasteiger partial charge in [-0.05, 0) is 51.4 Å². The summed E-state index contributed by atoms with van der Waals surface area (Å²) in [5.74, 6) is -0.135. The fourth-order valence-electron chi connectivity index (χ4n) is 13.1. The average Bonchev–Trinajstić information content (AvgIpc) is 2.28. The molecule has 1 rings (SSSR count). The molecule has 0 aliphatic carbocycles. The lowest BCUT2D eigenvalue weighted by molar-refractivity contribution is -0.302. The first-order valence-electron chi connectivity index (χ1n) is 39.7. The van der Waals surface area contributed by atoms with Crippen LogP contribution in [0.5, 0.6) is 0 Å². The van der Waals surface area contributed by atoms with Gasteiger partial charge >= 0.3 is 0 Å². The lowest BCUT2D eigenvalue weighted by Gasteiger charge is -2.40. The van der Waals surface area contributed by atoms with Crippen molar-refractivity contribution in [2.24, 2.45) is 0 Å². The molecule has 1 aliphatic rings. The van der Waals surface area contributed by atoms with E-state index < -0.39 is 49.5 Å². The number of ether oxygens (including phenoxy) is 2. The summed E-state index contributed by atoms with van der Waals surface area (Å²) < 4.78 is 11.4. The summed E-state index contributed by atoms with van der Waals surface area (Å²) in [6.45, 7) is 3.89. The summed E-state index contributed by atoms with van der Waals surface area (Å²) in [4.78, 5) is 13.2. The molecule has 0 saturated carbocycles. The molecule has 0 bridgehead atoms. The van der Waals surface area contributed by atoms with E-state index in [9.17, 15) is 30.3 Å². The summed E-state index contributed by atoms with van der Waals surface area (Å²) in [5, 5.41) is 55.1. The third kappa shape index (κ3) is 57.6. The lowest BCUT2D eigenvalue weighted by atomic mass is 9.99. The van der Waals surface area contributed by atoms with Gasteiger partial charge in [-0.2, -0.15) is 0 Å². The van der Waals surface area contributed by atoms with Crippen LogP contribution >= 0.6 is 0 Å². The molecule has 89 heavy (non-hydrogen) atoms. The minimum absolute atomic E-state index is 0.133. The number of amides is 1. The van der Waals surface area contributed by atoms with Crippen molar-refractivity contribution in [1.82, 2.24) is 5.32 Å². The Labute approximate surface area is 552 Å². The van der Waals surface area contributed by atoms with Gasteiger partial charge < -0.3 is 40.3 Å². The normalized spacial score (nSPS) is 17.9. The van der Waals surface area contributed by atoms with Crippen molar-refractivity contribution in [2.75, 3.05) is 13.2 Å². The quantitative estimate of drug-likeness (QED) is 0.0261. The maximum Gasteiger partial charge on any atom is 0.220 e. The van der Waals surface area contributed by atoms with Gasteiger partial charge in [0.1, 0.15) is 24.4 Å². The first kappa shape index (κ1) is 85.4. The maximum absolute atomic E-state index is 13.2. The van der Waals surface area contributed by atoms with Gasteiger partial charge in [-0.25, -0.2) is 0 Å². The first-order valence-corrected chi connectivity index (χ1v) is 39.7. The molecule has 0 aromatic heterocycles. The monoisotopic (exact) mass is 1260 g/mol. The molecule has 1 saturated heterocycles. The minimum atomic E-state index is -1.55. The highest BCUT2D eigenvalue weighted by Crippen LogP contribution is 2.24. The van der Waals surface area contributed by atoms with Crippen LogP contribution in [-0.2, 0) is 14.3 Å². The molecule has 0 aromatic rings. The number of aliphatic hydroxyl groups excluding tert-OH is 5. The van der Waals surface area contributed by atoms with Crippen LogP contribution in [0.15, 0.2) is 36.5 Å². The van der Waals surface area contributed by atoms with Gasteiger partial charge in [0.05, 0.1) is 25.4 Å². The zero-order chi connectivity index (χ0) is 64.2. The van der Waals surface area contributed by atoms with Gasteiger partial charge in [-0.15, -0.1) is 0 Å². The van der Waals surface area contributed by atoms with Crippen molar-refractivity contribution < 1.29 is 39.8 Å². The highest BCUT2D eigenvalue weighted by atomic mass is 16.7. The molecule has 0 radical (unpaired) electrons. The fraction of sp³-hybridized carbons (Fsp3) is 0.912. The number of aliphatic hydroxyl groups is 5. The summed E-state index contributed by atoms with van der Waals surface area (Å²) in [6, 6.07) is -0.719. The molecule has 7 atom stereocenters. The highest BCUT2D eigenvalue weighted by molar-refractivity contribution is 5.76. The summed E-state index contributed by atoms with van der Waals surface area (Å²) >= 11 is 0. The summed E-state index contributed by atoms with van der Waals surface area (Å²) in [5.41, 5.74) is 0. The van der Waals surface area contributed by atoms with Crippen LogP contribution in [0.1, 0.15) is 412 Å². The SMILES string of the molecule is CCCCCCC/C=C\C/C=C\C/C=C\CCCCCCCCCCCCCCCCCCCCCCCCC(=O)NC(COC1OC(CO)C(O)C(O)C1O)C(O)CCCCCCCCCCCCCCCCCCCCCCCCCCCCCCC. The number of allylic oxidation sites excluding steroid dienone is 6. The maximum atomic E-state index is 13.2. The van der Waals surface area contributed by atoms with Crippen LogP contribution in [0.4, 0.5) is 0 Å². The Balaban J connectivity index is 2.05. The lowest BCUT2D eigenvalue weighted by Crippen LogP contribution is -2.60. The molecular formula is C80H153NO8. The van der Waals surface area contributed by atoms with E-state index >= 15 is 0 Å². The second kappa shape index (κ2) is 69.2. The number of unbranched alkanes of at least 4 members (excludes halogenated alkanes) is 55. The predicted octanol–water partition coefficient (Wildman–Crippen LogP) is 22.5. The van der Waals surface area contributed by atoms with Gasteiger partial charge in [-0.1, -0.05) is 391 Å². The number of hydrogen-bond donors (Lipinski definition) is 6. The van der Waals surface area contributed by atoms with E-state index in [-0.39, 0.29) is 12.5 Å². The Morgan fingerprint density at radius 1 is 0.382 bits per heavy atom. The van der Waals surface area contributed by atoms with Crippen molar-refractivity contribution in [2.45, 2.75) is 455 Å². The van der Waals surface area contributed by atoms with Crippen molar-refractivity contribution in [1.29, 1.82) is 0 Å². The Morgan fingerprint density at radius 2 is 0.663 bits per heavy atom. The van der Waals surface area contributed by atoms with Crippen molar-refractivity contribution >= 4 is 5.91 Å². The third-order valence-electron chi connectivity index (χ3n) is 19.2. The smallest absolute Gasteiger partial charge is 0.220 e. The van der Waals surface area contributed by atoms with E-state index in [0.717, 1.165) is 51.4 Å². The molecule has 526 valence electrons. The predicted molar refractivity (Wildman–Crippen MR) is 383 cm³/mol. The summed E-state index contributed by atoms with van der Waals surface area (Å²) in [6.07, 6.45) is 86.8. The van der Waals surface area contributed by atoms with Crippen LogP contribution < -0.4 is 5.32 Å². The zero-order valence-corrected chi connectivity index (χ0v) is 59.2. The number of carbonyl (C=O) groups excluding carboxylic acids is 1. The molecule has 9 heteroatoms. The van der Waals surface area contributed by atoms with E-state index in [1.54, 1.807) is 0 Å². The largest absolute Gasteiger partial charge is 0.394 e. The molecule has 6 N–H and O–H groups in total. The molecule has 1 amide bonds. The van der Waals surface area contributed by atoms with Crippen molar-refractivity contribution in [3.63, 3.8) is 0 Å². The Morgan fingerprint density at radius 3 is 0.978 bits per heavy atom. The first-order chi connectivity index (χ1) is 43.8. The van der Waals surface area contributed by atoms with Crippen LogP contribution in [0, 0.1) is 0 Å². The molecule has 0 aromatic carbocycles. The van der Waals surface area contributed by atoms with Gasteiger partial charge in [0.15, 0.2) is 6.29 Å². The second-order valence-electron chi connectivity index (χ2n) is 27.9. The second-order valence-corrected chi connectivity index (χ2v) is 27.9. The van der Waals surface area contributed by atoms with Crippen LogP contribution in [-0.4, -0.2) is 87.5 Å². The molecule has 1 fully saturated rings. The molecule has 7 unspecified atom stereocenters. The Hall–Kier alpha value is -1.59. The Bertz CT molecular complexity index is 1500. The van der Waals surface area contributed by atoms with E-state index in [1.807, 2.05) is 0 Å². The van der Waals surface area contributed by atoms with Crippen LogP contribution in [0.3, 0.4) is 0 Å². The van der Waals surface area contributed by atoms with E-state index in [2.05, 4.69) is 55.6 Å².